The fraction of sp³-hybridized carbons (Fsp3) is 0.300. The molecule has 0 unspecified atom stereocenters. The van der Waals surface area contributed by atoms with Gasteiger partial charge in [0.05, 0.1) is 10.2 Å². The van der Waals surface area contributed by atoms with Crippen molar-refractivity contribution in [3.05, 3.63) is 29.3 Å². The van der Waals surface area contributed by atoms with Gasteiger partial charge in [-0.2, -0.15) is 0 Å². The number of nitrogens with zero attached hydrogens (tertiary/aromatic N) is 1. The van der Waals surface area contributed by atoms with Crippen LogP contribution in [0.3, 0.4) is 0 Å². The lowest BCUT2D eigenvalue weighted by Crippen LogP contribution is -1.83. The Morgan fingerprint density at radius 3 is 3.17 bits per heavy atom. The van der Waals surface area contributed by atoms with Gasteiger partial charge in [0.1, 0.15) is 0 Å². The van der Waals surface area contributed by atoms with E-state index in [1.54, 1.807) is 11.3 Å². The van der Waals surface area contributed by atoms with Crippen LogP contribution in [0.4, 0.5) is 0 Å². The quantitative estimate of drug-likeness (QED) is 0.686. The number of fused-ring (bicyclic) bond motifs is 1. The molecule has 0 aliphatic rings. The molecule has 0 aliphatic carbocycles. The van der Waals surface area contributed by atoms with E-state index in [1.165, 1.54) is 23.1 Å². The highest BCUT2D eigenvalue weighted by atomic mass is 32.1. The lowest BCUT2D eigenvalue weighted by atomic mass is 10.1. The van der Waals surface area contributed by atoms with Crippen molar-refractivity contribution in [1.82, 2.24) is 4.98 Å². The molecule has 2 rings (SSSR count). The molecule has 0 N–H and O–H groups in total. The average Bonchev–Trinajstić information content (AvgIpc) is 2.53. The predicted octanol–water partition coefficient (Wildman–Crippen LogP) is 3.25. The molecule has 0 fully saturated rings. The Bertz CT molecular complexity index is 378. The number of thiophene rings is 1. The minimum atomic E-state index is 1.14. The van der Waals surface area contributed by atoms with Crippen LogP contribution in [0.1, 0.15) is 18.9 Å². The Kier molecular flexibility index (Phi) is 2.09. The average molecular weight is 177 g/mol. The molecule has 0 aliphatic heterocycles. The lowest BCUT2D eigenvalue weighted by molar-refractivity contribution is 0.929. The SMILES string of the molecule is CCCc1ccnc2ccsc12. The van der Waals surface area contributed by atoms with Crippen molar-refractivity contribution in [2.45, 2.75) is 19.8 Å². The fourth-order valence-electron chi connectivity index (χ4n) is 1.39. The van der Waals surface area contributed by atoms with Gasteiger partial charge in [0.15, 0.2) is 0 Å². The smallest absolute Gasteiger partial charge is 0.0812 e. The van der Waals surface area contributed by atoms with Gasteiger partial charge in [-0.05, 0) is 29.5 Å². The van der Waals surface area contributed by atoms with Gasteiger partial charge in [-0.15, -0.1) is 11.3 Å². The first-order valence-electron chi connectivity index (χ1n) is 4.23. The summed E-state index contributed by atoms with van der Waals surface area (Å²) >= 11 is 1.79. The highest BCUT2D eigenvalue weighted by molar-refractivity contribution is 7.17. The van der Waals surface area contributed by atoms with E-state index in [1.807, 2.05) is 6.20 Å². The van der Waals surface area contributed by atoms with E-state index >= 15 is 0 Å². The maximum atomic E-state index is 4.29. The van der Waals surface area contributed by atoms with E-state index in [2.05, 4.69) is 29.4 Å². The number of pyridine rings is 1. The fourth-order valence-corrected chi connectivity index (χ4v) is 2.29. The van der Waals surface area contributed by atoms with Gasteiger partial charge in [-0.1, -0.05) is 13.3 Å². The van der Waals surface area contributed by atoms with Crippen LogP contribution in [0.15, 0.2) is 23.7 Å². The van der Waals surface area contributed by atoms with E-state index in [0.717, 1.165) is 5.52 Å². The number of aryl methyl sites for hydroxylation is 1. The molecule has 0 amide bonds. The monoisotopic (exact) mass is 177 g/mol. The predicted molar refractivity (Wildman–Crippen MR) is 53.6 cm³/mol. The molecule has 0 aromatic carbocycles. The van der Waals surface area contributed by atoms with E-state index in [9.17, 15) is 0 Å². The van der Waals surface area contributed by atoms with E-state index in [4.69, 9.17) is 0 Å². The molecule has 0 spiro atoms. The molecule has 0 radical (unpaired) electrons. The molecule has 0 atom stereocenters. The first kappa shape index (κ1) is 7.74. The third-order valence-corrected chi connectivity index (χ3v) is 2.92. The summed E-state index contributed by atoms with van der Waals surface area (Å²) < 4.78 is 1.36. The Morgan fingerprint density at radius 2 is 2.33 bits per heavy atom. The molecule has 2 aromatic rings. The third-order valence-electron chi connectivity index (χ3n) is 1.94. The van der Waals surface area contributed by atoms with Crippen molar-refractivity contribution in [3.8, 4) is 0 Å². The number of hydrogen-bond donors (Lipinski definition) is 0. The molecule has 0 bridgehead atoms. The molecule has 12 heavy (non-hydrogen) atoms. The van der Waals surface area contributed by atoms with Gasteiger partial charge in [0, 0.05) is 6.20 Å². The highest BCUT2D eigenvalue weighted by Crippen LogP contribution is 2.23. The number of hydrogen-bond acceptors (Lipinski definition) is 2. The topological polar surface area (TPSA) is 12.9 Å². The summed E-state index contributed by atoms with van der Waals surface area (Å²) in [5.41, 5.74) is 2.59. The van der Waals surface area contributed by atoms with Gasteiger partial charge in [0.2, 0.25) is 0 Å². The molecule has 2 aromatic heterocycles. The van der Waals surface area contributed by atoms with Crippen molar-refractivity contribution in [1.29, 1.82) is 0 Å². The van der Waals surface area contributed by atoms with Gasteiger partial charge in [-0.3, -0.25) is 4.98 Å². The molecule has 1 nitrogen and oxygen atoms in total. The second kappa shape index (κ2) is 3.23. The second-order valence-electron chi connectivity index (χ2n) is 2.86. The van der Waals surface area contributed by atoms with Crippen molar-refractivity contribution in [2.24, 2.45) is 0 Å². The standard InChI is InChI=1S/C10H11NS/c1-2-3-8-4-6-11-9-5-7-12-10(8)9/h4-7H,2-3H2,1H3. The normalized spacial score (nSPS) is 10.8. The van der Waals surface area contributed by atoms with Crippen LogP contribution in [0.5, 0.6) is 0 Å². The summed E-state index contributed by atoms with van der Waals surface area (Å²) in [4.78, 5) is 4.29. The third kappa shape index (κ3) is 1.23. The van der Waals surface area contributed by atoms with Crippen LogP contribution in [0.25, 0.3) is 10.2 Å². The zero-order chi connectivity index (χ0) is 8.39. The summed E-state index contributed by atoms with van der Waals surface area (Å²) in [5.74, 6) is 0. The number of rotatable bonds is 2. The van der Waals surface area contributed by atoms with Gasteiger partial charge in [0.25, 0.3) is 0 Å². The summed E-state index contributed by atoms with van der Waals surface area (Å²) in [7, 11) is 0. The van der Waals surface area contributed by atoms with Crippen LogP contribution >= 0.6 is 11.3 Å². The van der Waals surface area contributed by atoms with Crippen LogP contribution in [-0.4, -0.2) is 4.98 Å². The molecule has 62 valence electrons. The Labute approximate surface area is 76.1 Å². The molecular formula is C10H11NS. The van der Waals surface area contributed by atoms with Gasteiger partial charge < -0.3 is 0 Å². The number of aromatic nitrogens is 1. The first-order chi connectivity index (χ1) is 5.92. The summed E-state index contributed by atoms with van der Waals surface area (Å²) in [6.45, 7) is 2.21. The molecule has 0 saturated heterocycles. The molecule has 2 heteroatoms. The second-order valence-corrected chi connectivity index (χ2v) is 3.77. The minimum absolute atomic E-state index is 1.14. The van der Waals surface area contributed by atoms with Gasteiger partial charge in [-0.25, -0.2) is 0 Å². The largest absolute Gasteiger partial charge is 0.255 e. The van der Waals surface area contributed by atoms with E-state index in [-0.39, 0.29) is 0 Å². The maximum absolute atomic E-state index is 4.29. The van der Waals surface area contributed by atoms with Crippen molar-refractivity contribution >= 4 is 21.6 Å². The Hall–Kier alpha value is -0.890. The summed E-state index contributed by atoms with van der Waals surface area (Å²) in [5, 5.41) is 2.11. The maximum Gasteiger partial charge on any atom is 0.0812 e. The van der Waals surface area contributed by atoms with Crippen LogP contribution in [0, 0.1) is 0 Å². The van der Waals surface area contributed by atoms with Crippen LogP contribution in [0.2, 0.25) is 0 Å². The zero-order valence-electron chi connectivity index (χ0n) is 7.08. The van der Waals surface area contributed by atoms with E-state index in [0.29, 0.717) is 0 Å². The van der Waals surface area contributed by atoms with Crippen LogP contribution < -0.4 is 0 Å². The lowest BCUT2D eigenvalue weighted by Gasteiger charge is -1.98. The zero-order valence-corrected chi connectivity index (χ0v) is 7.90. The molecule has 0 saturated carbocycles. The minimum Gasteiger partial charge on any atom is -0.255 e. The first-order valence-corrected chi connectivity index (χ1v) is 5.11. The summed E-state index contributed by atoms with van der Waals surface area (Å²) in [6, 6.07) is 4.21. The van der Waals surface area contributed by atoms with Crippen molar-refractivity contribution in [2.75, 3.05) is 0 Å². The summed E-state index contributed by atoms with van der Waals surface area (Å²) in [6.07, 6.45) is 4.27. The molecule has 2 heterocycles. The highest BCUT2D eigenvalue weighted by Gasteiger charge is 2.00. The molecular weight excluding hydrogens is 166 g/mol. The van der Waals surface area contributed by atoms with Crippen molar-refractivity contribution < 1.29 is 0 Å². The van der Waals surface area contributed by atoms with Gasteiger partial charge >= 0.3 is 0 Å². The van der Waals surface area contributed by atoms with E-state index < -0.39 is 0 Å². The Balaban J connectivity index is 2.57. The van der Waals surface area contributed by atoms with Crippen LogP contribution in [-0.2, 0) is 6.42 Å². The Morgan fingerprint density at radius 1 is 1.42 bits per heavy atom. The van der Waals surface area contributed by atoms with Crippen molar-refractivity contribution in [3.63, 3.8) is 0 Å².